The lowest BCUT2D eigenvalue weighted by Crippen LogP contribution is -2.59. The number of thioether (sulfide) groups is 1. The van der Waals surface area contributed by atoms with Gasteiger partial charge in [-0.3, -0.25) is 24.6 Å². The maximum atomic E-state index is 13.1. The first-order valence-corrected chi connectivity index (χ1v) is 10.4. The third-order valence-electron chi connectivity index (χ3n) is 4.81. The van der Waals surface area contributed by atoms with E-state index >= 15 is 0 Å². The summed E-state index contributed by atoms with van der Waals surface area (Å²) in [6.07, 6.45) is 0.317. The Balaban J connectivity index is 1.81. The second kappa shape index (κ2) is 9.75. The van der Waals surface area contributed by atoms with Crippen LogP contribution in [0.2, 0.25) is 0 Å². The Kier molecular flexibility index (Phi) is 7.09. The third-order valence-corrected chi connectivity index (χ3v) is 5.96. The van der Waals surface area contributed by atoms with Crippen molar-refractivity contribution in [2.45, 2.75) is 29.4 Å². The molecule has 5 N–H and O–H groups in total. The van der Waals surface area contributed by atoms with Crippen LogP contribution in [0, 0.1) is 0 Å². The van der Waals surface area contributed by atoms with Gasteiger partial charge in [-0.25, -0.2) is 0 Å². The number of carbonyl (C=O) groups excluding carboxylic acids is 1. The first-order chi connectivity index (χ1) is 14.4. The number of hydrogen-bond donors (Lipinski definition) is 4. The molecule has 158 valence electrons. The lowest BCUT2D eigenvalue weighted by molar-refractivity contribution is -0.141. The normalized spacial score (nSPS) is 18.2. The molecule has 0 fully saturated rings. The van der Waals surface area contributed by atoms with Crippen LogP contribution >= 0.6 is 11.8 Å². The molecule has 9 heteroatoms. The van der Waals surface area contributed by atoms with Crippen molar-refractivity contribution in [2.75, 3.05) is 17.2 Å². The highest BCUT2D eigenvalue weighted by atomic mass is 32.2. The summed E-state index contributed by atoms with van der Waals surface area (Å²) in [5.41, 5.74) is 7.57. The van der Waals surface area contributed by atoms with Gasteiger partial charge in [0.2, 0.25) is 5.91 Å². The minimum absolute atomic E-state index is 0.258. The van der Waals surface area contributed by atoms with E-state index in [1.54, 1.807) is 24.3 Å². The number of nitrogens with zero attached hydrogens (tertiary/aromatic N) is 1. The molecule has 0 saturated heterocycles. The number of carbonyl (C=O) groups is 3. The lowest BCUT2D eigenvalue weighted by atomic mass is 9.99. The van der Waals surface area contributed by atoms with E-state index in [0.29, 0.717) is 12.1 Å². The van der Waals surface area contributed by atoms with E-state index in [1.807, 2.05) is 30.3 Å². The average molecular weight is 429 g/mol. The highest BCUT2D eigenvalue weighted by Crippen LogP contribution is 2.34. The monoisotopic (exact) mass is 429 g/mol. The maximum Gasteiger partial charge on any atom is 0.323 e. The number of benzene rings is 2. The quantitative estimate of drug-likeness (QED) is 0.492. The van der Waals surface area contributed by atoms with Crippen molar-refractivity contribution in [3.8, 4) is 0 Å². The lowest BCUT2D eigenvalue weighted by Gasteiger charge is -2.28. The minimum atomic E-state index is -1.17. The van der Waals surface area contributed by atoms with Gasteiger partial charge in [-0.15, -0.1) is 11.8 Å². The fraction of sp³-hybridized carbons (Fsp3) is 0.286. The van der Waals surface area contributed by atoms with Crippen molar-refractivity contribution < 1.29 is 24.6 Å². The molecule has 1 aliphatic rings. The molecule has 2 aromatic rings. The molecule has 0 bridgehead atoms. The van der Waals surface area contributed by atoms with Crippen molar-refractivity contribution in [3.05, 3.63) is 60.2 Å². The smallest absolute Gasteiger partial charge is 0.323 e. The van der Waals surface area contributed by atoms with Gasteiger partial charge >= 0.3 is 11.9 Å². The van der Waals surface area contributed by atoms with E-state index in [2.05, 4.69) is 5.32 Å². The SMILES string of the molecule is NC(Cc1ccccc1)C(NC1CSc2ccccc2N(CC(=O)O)C1=O)C(=O)O. The molecule has 0 radical (unpaired) electrons. The van der Waals surface area contributed by atoms with E-state index < -0.39 is 42.5 Å². The fourth-order valence-corrected chi connectivity index (χ4v) is 4.46. The molecule has 2 aromatic carbocycles. The van der Waals surface area contributed by atoms with Crippen LogP contribution in [-0.2, 0) is 20.8 Å². The Morgan fingerprint density at radius 2 is 1.80 bits per heavy atom. The molecule has 0 aliphatic carbocycles. The molecule has 0 aromatic heterocycles. The number of carboxylic acid groups (broad SMARTS) is 2. The van der Waals surface area contributed by atoms with Crippen LogP contribution in [-0.4, -0.2) is 58.5 Å². The summed E-state index contributed by atoms with van der Waals surface area (Å²) < 4.78 is 0. The molecular weight excluding hydrogens is 406 g/mol. The summed E-state index contributed by atoms with van der Waals surface area (Å²) in [4.78, 5) is 38.3. The highest BCUT2D eigenvalue weighted by molar-refractivity contribution is 7.99. The number of para-hydroxylation sites is 1. The molecular formula is C21H23N3O5S. The fourth-order valence-electron chi connectivity index (χ4n) is 3.37. The van der Waals surface area contributed by atoms with Crippen molar-refractivity contribution in [3.63, 3.8) is 0 Å². The van der Waals surface area contributed by atoms with Crippen LogP contribution in [0.5, 0.6) is 0 Å². The number of aliphatic carboxylic acids is 2. The van der Waals surface area contributed by atoms with Gasteiger partial charge in [0.25, 0.3) is 0 Å². The minimum Gasteiger partial charge on any atom is -0.480 e. The number of nitrogens with one attached hydrogen (secondary N) is 1. The summed E-state index contributed by atoms with van der Waals surface area (Å²) in [5.74, 6) is -2.55. The van der Waals surface area contributed by atoms with Crippen LogP contribution < -0.4 is 16.0 Å². The van der Waals surface area contributed by atoms with Crippen LogP contribution in [0.1, 0.15) is 5.56 Å². The van der Waals surface area contributed by atoms with Crippen molar-refractivity contribution in [1.29, 1.82) is 0 Å². The molecule has 1 amide bonds. The summed E-state index contributed by atoms with van der Waals surface area (Å²) in [6, 6.07) is 13.4. The Morgan fingerprint density at radius 1 is 1.13 bits per heavy atom. The first kappa shape index (κ1) is 21.8. The van der Waals surface area contributed by atoms with Gasteiger partial charge < -0.3 is 15.9 Å². The summed E-state index contributed by atoms with van der Waals surface area (Å²) >= 11 is 1.37. The van der Waals surface area contributed by atoms with Gasteiger partial charge in [-0.05, 0) is 24.1 Å². The molecule has 0 spiro atoms. The average Bonchev–Trinajstić information content (AvgIpc) is 2.84. The number of carboxylic acids is 2. The second-order valence-electron chi connectivity index (χ2n) is 6.99. The van der Waals surface area contributed by atoms with Crippen molar-refractivity contribution in [1.82, 2.24) is 5.32 Å². The topological polar surface area (TPSA) is 133 Å². The van der Waals surface area contributed by atoms with E-state index in [1.165, 1.54) is 16.7 Å². The van der Waals surface area contributed by atoms with E-state index in [4.69, 9.17) is 5.73 Å². The van der Waals surface area contributed by atoms with E-state index in [9.17, 15) is 24.6 Å². The number of fused-ring (bicyclic) bond motifs is 1. The van der Waals surface area contributed by atoms with Crippen LogP contribution in [0.4, 0.5) is 5.69 Å². The number of amides is 1. The molecule has 3 atom stereocenters. The molecule has 8 nitrogen and oxygen atoms in total. The van der Waals surface area contributed by atoms with Gasteiger partial charge in [0, 0.05) is 16.7 Å². The molecule has 30 heavy (non-hydrogen) atoms. The number of nitrogens with two attached hydrogens (primary N) is 1. The zero-order chi connectivity index (χ0) is 21.7. The summed E-state index contributed by atoms with van der Waals surface area (Å²) in [7, 11) is 0. The molecule has 0 saturated carbocycles. The molecule has 3 rings (SSSR count). The molecule has 1 heterocycles. The van der Waals surface area contributed by atoms with Gasteiger partial charge in [0.15, 0.2) is 0 Å². The predicted molar refractivity (Wildman–Crippen MR) is 114 cm³/mol. The van der Waals surface area contributed by atoms with Gasteiger partial charge in [0.1, 0.15) is 12.6 Å². The summed E-state index contributed by atoms with van der Waals surface area (Å²) in [5, 5.41) is 21.9. The zero-order valence-electron chi connectivity index (χ0n) is 16.1. The Labute approximate surface area is 178 Å². The standard InChI is InChI=1S/C21H23N3O5S/c22-14(10-13-6-2-1-3-7-13)19(21(28)29)23-15-12-30-17-9-5-4-8-16(17)24(20(15)27)11-18(25)26/h1-9,14-15,19,23H,10-12,22H2,(H,25,26)(H,28,29). The maximum absolute atomic E-state index is 13.1. The second-order valence-corrected chi connectivity index (χ2v) is 8.05. The van der Waals surface area contributed by atoms with Crippen molar-refractivity contribution >= 4 is 35.3 Å². The first-order valence-electron chi connectivity index (χ1n) is 9.40. The van der Waals surface area contributed by atoms with Crippen LogP contribution in [0.15, 0.2) is 59.5 Å². The highest BCUT2D eigenvalue weighted by Gasteiger charge is 2.36. The van der Waals surface area contributed by atoms with Gasteiger partial charge in [0.05, 0.1) is 11.7 Å². The van der Waals surface area contributed by atoms with Gasteiger partial charge in [-0.2, -0.15) is 0 Å². The molecule has 1 aliphatic heterocycles. The van der Waals surface area contributed by atoms with Crippen molar-refractivity contribution in [2.24, 2.45) is 5.73 Å². The Morgan fingerprint density at radius 3 is 2.47 bits per heavy atom. The van der Waals surface area contributed by atoms with E-state index in [0.717, 1.165) is 10.5 Å². The Hall–Kier alpha value is -2.88. The predicted octanol–water partition coefficient (Wildman–Crippen LogP) is 1.19. The van der Waals surface area contributed by atoms with Gasteiger partial charge in [-0.1, -0.05) is 42.5 Å². The number of rotatable bonds is 8. The number of anilines is 1. The zero-order valence-corrected chi connectivity index (χ0v) is 16.9. The van der Waals surface area contributed by atoms with Crippen LogP contribution in [0.25, 0.3) is 0 Å². The largest absolute Gasteiger partial charge is 0.480 e. The Bertz CT molecular complexity index is 924. The third kappa shape index (κ3) is 5.18. The summed E-state index contributed by atoms with van der Waals surface area (Å²) in [6.45, 7) is -0.512. The van der Waals surface area contributed by atoms with E-state index in [-0.39, 0.29) is 5.75 Å². The van der Waals surface area contributed by atoms with Crippen LogP contribution in [0.3, 0.4) is 0 Å². The molecule has 3 unspecified atom stereocenters. The number of hydrogen-bond acceptors (Lipinski definition) is 6.